The minimum Gasteiger partial charge on any atom is -0.483 e. The maximum absolute atomic E-state index is 6.05. The van der Waals surface area contributed by atoms with Gasteiger partial charge in [-0.1, -0.05) is 17.7 Å². The van der Waals surface area contributed by atoms with Gasteiger partial charge in [0, 0.05) is 0 Å². The van der Waals surface area contributed by atoms with E-state index in [1.54, 1.807) is 0 Å². The molecule has 1 aromatic carbocycles. The first kappa shape index (κ1) is 8.42. The van der Waals surface area contributed by atoms with Gasteiger partial charge in [-0.25, -0.2) is 0 Å². The molecule has 1 heterocycles. The molecule has 1 aliphatic carbocycles. The first-order valence-electron chi connectivity index (χ1n) is 5.01. The average Bonchev–Trinajstić information content (AvgIpc) is 2.15. The van der Waals surface area contributed by atoms with E-state index in [0.717, 1.165) is 35.8 Å². The van der Waals surface area contributed by atoms with Crippen LogP contribution in [0.4, 0.5) is 5.69 Å². The first-order chi connectivity index (χ1) is 6.79. The van der Waals surface area contributed by atoms with Gasteiger partial charge in [0.05, 0.1) is 17.3 Å². The minimum absolute atomic E-state index is 0.0671. The van der Waals surface area contributed by atoms with Crippen molar-refractivity contribution in [3.8, 4) is 5.75 Å². The topological polar surface area (TPSA) is 21.3 Å². The Kier molecular flexibility index (Phi) is 1.68. The molecule has 0 bridgehead atoms. The molecule has 2 nitrogen and oxygen atoms in total. The van der Waals surface area contributed by atoms with Crippen LogP contribution in [0.5, 0.6) is 5.75 Å². The van der Waals surface area contributed by atoms with Gasteiger partial charge in [-0.05, 0) is 31.4 Å². The lowest BCUT2D eigenvalue weighted by Crippen LogP contribution is -2.51. The Morgan fingerprint density at radius 1 is 1.36 bits per heavy atom. The molecule has 74 valence electrons. The van der Waals surface area contributed by atoms with Crippen LogP contribution in [0.3, 0.4) is 0 Å². The van der Waals surface area contributed by atoms with Gasteiger partial charge >= 0.3 is 0 Å². The Morgan fingerprint density at radius 3 is 2.93 bits per heavy atom. The number of halogens is 1. The summed E-state index contributed by atoms with van der Waals surface area (Å²) in [6.07, 6.45) is 3.59. The van der Waals surface area contributed by atoms with Crippen molar-refractivity contribution in [1.29, 1.82) is 0 Å². The summed E-state index contributed by atoms with van der Waals surface area (Å²) in [4.78, 5) is 0. The molecule has 0 amide bonds. The number of benzene rings is 1. The van der Waals surface area contributed by atoms with Gasteiger partial charge in [-0.3, -0.25) is 0 Å². The van der Waals surface area contributed by atoms with E-state index in [9.17, 15) is 0 Å². The normalized spacial score (nSPS) is 21.8. The van der Waals surface area contributed by atoms with Crippen LogP contribution in [0.2, 0.25) is 5.02 Å². The Hall–Kier alpha value is -0.890. The van der Waals surface area contributed by atoms with E-state index in [1.165, 1.54) is 6.42 Å². The largest absolute Gasteiger partial charge is 0.483 e. The molecule has 14 heavy (non-hydrogen) atoms. The molecule has 0 saturated heterocycles. The van der Waals surface area contributed by atoms with Crippen molar-refractivity contribution in [3.63, 3.8) is 0 Å². The SMILES string of the molecule is Clc1cccc2c1NCC1(CCC1)O2. The van der Waals surface area contributed by atoms with Crippen molar-refractivity contribution < 1.29 is 4.74 Å². The highest BCUT2D eigenvalue weighted by Gasteiger charge is 2.42. The third-order valence-electron chi connectivity index (χ3n) is 3.15. The van der Waals surface area contributed by atoms with Crippen LogP contribution in [0.15, 0.2) is 18.2 Å². The molecule has 0 unspecified atom stereocenters. The Morgan fingerprint density at radius 2 is 2.21 bits per heavy atom. The molecular weight excluding hydrogens is 198 g/mol. The van der Waals surface area contributed by atoms with E-state index in [0.29, 0.717) is 0 Å². The molecule has 2 aliphatic rings. The maximum Gasteiger partial charge on any atom is 0.144 e. The monoisotopic (exact) mass is 209 g/mol. The van der Waals surface area contributed by atoms with Crippen molar-refractivity contribution in [1.82, 2.24) is 0 Å². The van der Waals surface area contributed by atoms with Gasteiger partial charge in [0.2, 0.25) is 0 Å². The summed E-state index contributed by atoms with van der Waals surface area (Å²) in [6, 6.07) is 5.80. The van der Waals surface area contributed by atoms with Crippen molar-refractivity contribution in [2.45, 2.75) is 24.9 Å². The molecule has 3 heteroatoms. The molecule has 1 N–H and O–H groups in total. The lowest BCUT2D eigenvalue weighted by Gasteiger charge is -2.45. The molecule has 0 aromatic heterocycles. The van der Waals surface area contributed by atoms with Crippen LogP contribution >= 0.6 is 11.6 Å². The molecule has 1 fully saturated rings. The lowest BCUT2D eigenvalue weighted by atomic mass is 9.79. The standard InChI is InChI=1S/C11H12ClNO/c12-8-3-1-4-9-10(8)13-7-11(14-9)5-2-6-11/h1,3-4,13H,2,5-7H2. The summed E-state index contributed by atoms with van der Waals surface area (Å²) in [5.41, 5.74) is 1.02. The molecule has 1 saturated carbocycles. The van der Waals surface area contributed by atoms with Crippen LogP contribution < -0.4 is 10.1 Å². The first-order valence-corrected chi connectivity index (χ1v) is 5.38. The zero-order valence-corrected chi connectivity index (χ0v) is 8.60. The van der Waals surface area contributed by atoms with E-state index in [1.807, 2.05) is 18.2 Å². The Labute approximate surface area is 88.2 Å². The van der Waals surface area contributed by atoms with E-state index >= 15 is 0 Å². The zero-order chi connectivity index (χ0) is 9.60. The van der Waals surface area contributed by atoms with Crippen molar-refractivity contribution in [2.24, 2.45) is 0 Å². The molecule has 0 atom stereocenters. The highest BCUT2D eigenvalue weighted by molar-refractivity contribution is 6.33. The van der Waals surface area contributed by atoms with Crippen LogP contribution in [0.25, 0.3) is 0 Å². The number of rotatable bonds is 0. The number of anilines is 1. The van der Waals surface area contributed by atoms with Gasteiger partial charge in [-0.2, -0.15) is 0 Å². The fourth-order valence-electron chi connectivity index (χ4n) is 2.13. The third-order valence-corrected chi connectivity index (χ3v) is 3.47. The van der Waals surface area contributed by atoms with Gasteiger partial charge in [0.1, 0.15) is 11.4 Å². The summed E-state index contributed by atoms with van der Waals surface area (Å²) >= 11 is 6.05. The second-order valence-electron chi connectivity index (χ2n) is 4.11. The van der Waals surface area contributed by atoms with E-state index in [-0.39, 0.29) is 5.60 Å². The van der Waals surface area contributed by atoms with Crippen LogP contribution in [-0.2, 0) is 0 Å². The third kappa shape index (κ3) is 1.10. The number of hydrogen-bond donors (Lipinski definition) is 1. The number of nitrogens with one attached hydrogen (secondary N) is 1. The van der Waals surface area contributed by atoms with E-state index in [2.05, 4.69) is 5.32 Å². The second-order valence-corrected chi connectivity index (χ2v) is 4.51. The highest BCUT2D eigenvalue weighted by Crippen LogP contribution is 2.44. The Bertz CT molecular complexity index is 374. The average molecular weight is 210 g/mol. The van der Waals surface area contributed by atoms with Crippen molar-refractivity contribution in [2.75, 3.05) is 11.9 Å². The smallest absolute Gasteiger partial charge is 0.144 e. The summed E-state index contributed by atoms with van der Waals surface area (Å²) in [5, 5.41) is 4.11. The fourth-order valence-corrected chi connectivity index (χ4v) is 2.36. The van der Waals surface area contributed by atoms with Crippen LogP contribution in [0, 0.1) is 0 Å². The quantitative estimate of drug-likeness (QED) is 0.709. The lowest BCUT2D eigenvalue weighted by molar-refractivity contribution is 0.000222. The predicted octanol–water partition coefficient (Wildman–Crippen LogP) is 3.07. The molecule has 3 rings (SSSR count). The Balaban J connectivity index is 1.98. The summed E-state index contributed by atoms with van der Waals surface area (Å²) in [5.74, 6) is 0.906. The number of hydrogen-bond acceptors (Lipinski definition) is 2. The number of ether oxygens (including phenoxy) is 1. The minimum atomic E-state index is 0.0671. The van der Waals surface area contributed by atoms with Gasteiger partial charge in [0.15, 0.2) is 0 Å². The second kappa shape index (κ2) is 2.80. The zero-order valence-electron chi connectivity index (χ0n) is 7.85. The molecule has 1 spiro atoms. The summed E-state index contributed by atoms with van der Waals surface area (Å²) < 4.78 is 5.99. The summed E-state index contributed by atoms with van der Waals surface area (Å²) in [7, 11) is 0. The van der Waals surface area contributed by atoms with E-state index < -0.39 is 0 Å². The molecular formula is C11H12ClNO. The number of fused-ring (bicyclic) bond motifs is 1. The number of para-hydroxylation sites is 1. The highest BCUT2D eigenvalue weighted by atomic mass is 35.5. The van der Waals surface area contributed by atoms with Gasteiger partial charge in [0.25, 0.3) is 0 Å². The maximum atomic E-state index is 6.05. The predicted molar refractivity (Wildman–Crippen MR) is 57.2 cm³/mol. The van der Waals surface area contributed by atoms with Gasteiger partial charge in [-0.15, -0.1) is 0 Å². The molecule has 0 radical (unpaired) electrons. The van der Waals surface area contributed by atoms with Crippen molar-refractivity contribution in [3.05, 3.63) is 23.2 Å². The summed E-state index contributed by atoms with van der Waals surface area (Å²) in [6.45, 7) is 0.893. The van der Waals surface area contributed by atoms with E-state index in [4.69, 9.17) is 16.3 Å². The molecule has 1 aliphatic heterocycles. The van der Waals surface area contributed by atoms with Crippen LogP contribution in [-0.4, -0.2) is 12.1 Å². The van der Waals surface area contributed by atoms with Gasteiger partial charge < -0.3 is 10.1 Å². The fraction of sp³-hybridized carbons (Fsp3) is 0.455. The van der Waals surface area contributed by atoms with Crippen molar-refractivity contribution >= 4 is 17.3 Å². The molecule has 1 aromatic rings. The van der Waals surface area contributed by atoms with Crippen LogP contribution in [0.1, 0.15) is 19.3 Å².